The Kier molecular flexibility index (Phi) is 7.42. The van der Waals surface area contributed by atoms with Gasteiger partial charge in [0.15, 0.2) is 5.82 Å². The summed E-state index contributed by atoms with van der Waals surface area (Å²) in [4.78, 5) is 36.9. The number of nitrogens with zero attached hydrogens (tertiary/aromatic N) is 7. The van der Waals surface area contributed by atoms with Gasteiger partial charge in [-0.1, -0.05) is 11.6 Å². The first-order valence-electron chi connectivity index (χ1n) is 12.5. The molecule has 0 aliphatic carbocycles. The van der Waals surface area contributed by atoms with Crippen LogP contribution in [0.2, 0.25) is 5.02 Å². The van der Waals surface area contributed by atoms with Crippen LogP contribution in [0.4, 0.5) is 23.1 Å². The molecule has 1 unspecified atom stereocenters. The van der Waals surface area contributed by atoms with Crippen LogP contribution in [-0.4, -0.2) is 50.4 Å². The molecule has 1 fully saturated rings. The average molecular weight is 545 g/mol. The van der Waals surface area contributed by atoms with Gasteiger partial charge in [0.2, 0.25) is 5.95 Å². The highest BCUT2D eigenvalue weighted by molar-refractivity contribution is 6.33. The van der Waals surface area contributed by atoms with Gasteiger partial charge in [0.25, 0.3) is 5.56 Å². The van der Waals surface area contributed by atoms with Gasteiger partial charge in [-0.25, -0.2) is 15.0 Å². The molecule has 1 aromatic carbocycles. The second-order valence-electron chi connectivity index (χ2n) is 9.19. The number of pyridine rings is 1. The lowest BCUT2D eigenvalue weighted by Gasteiger charge is -2.29. The first kappa shape index (κ1) is 26.1. The van der Waals surface area contributed by atoms with E-state index in [4.69, 9.17) is 22.3 Å². The van der Waals surface area contributed by atoms with Crippen molar-refractivity contribution in [3.63, 3.8) is 0 Å². The molecule has 0 spiro atoms. The van der Waals surface area contributed by atoms with Crippen LogP contribution in [0.25, 0.3) is 10.9 Å². The van der Waals surface area contributed by atoms with E-state index in [0.29, 0.717) is 41.4 Å². The lowest BCUT2D eigenvalue weighted by Crippen LogP contribution is -2.38. The van der Waals surface area contributed by atoms with Gasteiger partial charge >= 0.3 is 0 Å². The van der Waals surface area contributed by atoms with Crippen molar-refractivity contribution in [3.05, 3.63) is 81.9 Å². The number of aromatic nitrogens is 5. The Morgan fingerprint density at radius 3 is 2.74 bits per heavy atom. The summed E-state index contributed by atoms with van der Waals surface area (Å²) in [7, 11) is 3.50. The van der Waals surface area contributed by atoms with Crippen molar-refractivity contribution in [3.8, 4) is 0 Å². The van der Waals surface area contributed by atoms with Crippen LogP contribution in [0.3, 0.4) is 0 Å². The van der Waals surface area contributed by atoms with Crippen molar-refractivity contribution < 1.29 is 0 Å². The quantitative estimate of drug-likeness (QED) is 0.330. The first-order valence-corrected chi connectivity index (χ1v) is 12.8. The van der Waals surface area contributed by atoms with Crippen LogP contribution in [-0.2, 0) is 7.05 Å². The Hall–Kier alpha value is -4.51. The summed E-state index contributed by atoms with van der Waals surface area (Å²) in [6.07, 6.45) is 7.34. The Bertz CT molecular complexity index is 1630. The molecule has 1 atom stereocenters. The summed E-state index contributed by atoms with van der Waals surface area (Å²) < 4.78 is 1.61. The van der Waals surface area contributed by atoms with E-state index < -0.39 is 0 Å². The van der Waals surface area contributed by atoms with Crippen molar-refractivity contribution >= 4 is 51.4 Å². The molecule has 0 amide bonds. The zero-order valence-electron chi connectivity index (χ0n) is 21.9. The monoisotopic (exact) mass is 544 g/mol. The Morgan fingerprint density at radius 1 is 1.21 bits per heavy atom. The fourth-order valence-corrected chi connectivity index (χ4v) is 4.69. The molecule has 1 aliphatic heterocycles. The number of hydrogen-bond donors (Lipinski definition) is 3. The van der Waals surface area contributed by atoms with Gasteiger partial charge < -0.3 is 25.8 Å². The highest BCUT2D eigenvalue weighted by Crippen LogP contribution is 2.31. The van der Waals surface area contributed by atoms with Gasteiger partial charge in [-0.2, -0.15) is 4.98 Å². The maximum atomic E-state index is 12.7. The number of benzene rings is 1. The maximum absolute atomic E-state index is 12.7. The number of halogens is 1. The van der Waals surface area contributed by atoms with Crippen LogP contribution in [0, 0.1) is 0 Å². The van der Waals surface area contributed by atoms with Crippen molar-refractivity contribution in [1.29, 1.82) is 0 Å². The summed E-state index contributed by atoms with van der Waals surface area (Å²) in [5.41, 5.74) is 9.77. The van der Waals surface area contributed by atoms with E-state index in [1.807, 2.05) is 30.0 Å². The topological polar surface area (TPSA) is 139 Å². The van der Waals surface area contributed by atoms with Crippen LogP contribution in [0.1, 0.15) is 25.2 Å². The second kappa shape index (κ2) is 11.1. The predicted molar refractivity (Wildman–Crippen MR) is 156 cm³/mol. The smallest absolute Gasteiger partial charge is 0.252 e. The SMILES string of the molecule is CN=C1CN(c2ncc(Cl)c(Nc3ccc4c(c3)c(NC(C)c3ncccn3)cc(=O)n4C)n2)CCC1=CN. The molecule has 1 saturated heterocycles. The van der Waals surface area contributed by atoms with E-state index in [9.17, 15) is 4.79 Å². The number of rotatable bonds is 6. The number of nitrogens with one attached hydrogen (secondary N) is 2. The average Bonchev–Trinajstić information content (AvgIpc) is 2.97. The van der Waals surface area contributed by atoms with Gasteiger partial charge in [-0.15, -0.1) is 0 Å². The fourth-order valence-electron chi connectivity index (χ4n) is 4.55. The minimum absolute atomic E-state index is 0.125. The van der Waals surface area contributed by atoms with Gasteiger partial charge in [0, 0.05) is 55.9 Å². The molecule has 11 nitrogen and oxygen atoms in total. The fraction of sp³-hybridized carbons (Fsp3) is 0.259. The third-order valence-electron chi connectivity index (χ3n) is 6.70. The summed E-state index contributed by atoms with van der Waals surface area (Å²) in [6, 6.07) is 8.85. The van der Waals surface area contributed by atoms with E-state index >= 15 is 0 Å². The standard InChI is InChI=1S/C27H29ClN10O/c1-16(25-31-8-4-9-32-25)34-21-12-24(39)37(3)23-6-5-18(11-19(21)23)35-26-20(28)14-33-27(36-26)38-10-7-17(13-29)22(15-38)30-2/h4-6,8-9,11-14,16,34H,7,10,15,29H2,1-3H3,(H,33,35,36). The molecule has 4 heterocycles. The molecule has 4 aromatic rings. The zero-order chi connectivity index (χ0) is 27.5. The summed E-state index contributed by atoms with van der Waals surface area (Å²) in [5.74, 6) is 1.65. The summed E-state index contributed by atoms with van der Waals surface area (Å²) in [6.45, 7) is 3.22. The third-order valence-corrected chi connectivity index (χ3v) is 6.98. The number of nitrogens with two attached hydrogens (primary N) is 1. The van der Waals surface area contributed by atoms with Crippen molar-refractivity contribution in [2.24, 2.45) is 17.8 Å². The van der Waals surface area contributed by atoms with Crippen LogP contribution >= 0.6 is 11.6 Å². The number of hydrogen-bond acceptors (Lipinski definition) is 10. The predicted octanol–water partition coefficient (Wildman–Crippen LogP) is 3.81. The van der Waals surface area contributed by atoms with Crippen LogP contribution in [0.5, 0.6) is 0 Å². The number of aryl methyl sites for hydroxylation is 1. The molecule has 5 rings (SSSR count). The zero-order valence-corrected chi connectivity index (χ0v) is 22.6. The minimum Gasteiger partial charge on any atom is -0.404 e. The van der Waals surface area contributed by atoms with Gasteiger partial charge in [0.05, 0.1) is 30.0 Å². The van der Waals surface area contributed by atoms with Crippen LogP contribution < -0.4 is 26.8 Å². The number of aliphatic imine (C=N–C) groups is 1. The normalized spacial score (nSPS) is 16.6. The van der Waals surface area contributed by atoms with E-state index in [1.165, 1.54) is 0 Å². The minimum atomic E-state index is -0.215. The van der Waals surface area contributed by atoms with E-state index in [1.54, 1.807) is 55.6 Å². The van der Waals surface area contributed by atoms with Crippen molar-refractivity contribution in [1.82, 2.24) is 24.5 Å². The molecular weight excluding hydrogens is 516 g/mol. The highest BCUT2D eigenvalue weighted by Gasteiger charge is 2.22. The van der Waals surface area contributed by atoms with Crippen LogP contribution in [0.15, 0.2) is 70.5 Å². The highest BCUT2D eigenvalue weighted by atomic mass is 35.5. The summed E-state index contributed by atoms with van der Waals surface area (Å²) >= 11 is 6.49. The lowest BCUT2D eigenvalue weighted by molar-refractivity contribution is 0.786. The van der Waals surface area contributed by atoms with Crippen molar-refractivity contribution in [2.75, 3.05) is 35.7 Å². The van der Waals surface area contributed by atoms with Crippen molar-refractivity contribution in [2.45, 2.75) is 19.4 Å². The Labute approximate surface area is 230 Å². The van der Waals surface area contributed by atoms with E-state index in [0.717, 1.165) is 34.3 Å². The first-order chi connectivity index (χ1) is 18.9. The molecule has 12 heteroatoms. The van der Waals surface area contributed by atoms with E-state index in [2.05, 4.69) is 30.6 Å². The Morgan fingerprint density at radius 2 is 2.00 bits per heavy atom. The van der Waals surface area contributed by atoms with Gasteiger partial charge in [-0.3, -0.25) is 9.79 Å². The number of fused-ring (bicyclic) bond motifs is 1. The summed E-state index contributed by atoms with van der Waals surface area (Å²) in [5, 5.41) is 7.95. The molecule has 4 N–H and O–H groups in total. The number of piperidine rings is 1. The largest absolute Gasteiger partial charge is 0.404 e. The van der Waals surface area contributed by atoms with Gasteiger partial charge in [-0.05, 0) is 49.4 Å². The lowest BCUT2D eigenvalue weighted by atomic mass is 10.0. The number of anilines is 4. The molecule has 0 bridgehead atoms. The molecule has 0 radical (unpaired) electrons. The molecule has 1 aliphatic rings. The molecular formula is C27H29ClN10O. The Balaban J connectivity index is 1.46. The molecule has 200 valence electrons. The third kappa shape index (κ3) is 5.39. The molecule has 0 saturated carbocycles. The maximum Gasteiger partial charge on any atom is 0.252 e. The second-order valence-corrected chi connectivity index (χ2v) is 9.59. The molecule has 3 aromatic heterocycles. The molecule has 39 heavy (non-hydrogen) atoms. The van der Waals surface area contributed by atoms with E-state index in [-0.39, 0.29) is 11.6 Å². The van der Waals surface area contributed by atoms with Gasteiger partial charge in [0.1, 0.15) is 10.8 Å².